The fourth-order valence-corrected chi connectivity index (χ4v) is 3.88. The molecular weight excluding hydrogens is 377 g/mol. The molecule has 1 heterocycles. The molecule has 156 valence electrons. The molecule has 1 atom stereocenters. The van der Waals surface area contributed by atoms with Gasteiger partial charge in [0.1, 0.15) is 23.1 Å². The van der Waals surface area contributed by atoms with Gasteiger partial charge < -0.3 is 16.4 Å². The van der Waals surface area contributed by atoms with E-state index in [1.807, 2.05) is 6.92 Å². The quantitative estimate of drug-likeness (QED) is 0.662. The van der Waals surface area contributed by atoms with Crippen LogP contribution in [0, 0.1) is 5.82 Å². The number of carbonyl (C=O) groups is 3. The smallest absolute Gasteiger partial charge is 0.268 e. The standard InChI is InChI=1S/C20H26FN5O3/c1-2-23-19(29)20(10-4-3-5-11-20)24-18(28)15-12-16(17(22)27)26(25-15)14-8-6-13(21)7-9-14/h6-9,16H,2-5,10-12H2,1H3,(H2,22,27)(H,23,29)(H,24,28). The van der Waals surface area contributed by atoms with Gasteiger partial charge in [-0.1, -0.05) is 19.3 Å². The molecule has 0 bridgehead atoms. The van der Waals surface area contributed by atoms with Crippen molar-refractivity contribution in [1.29, 1.82) is 0 Å². The van der Waals surface area contributed by atoms with Crippen molar-refractivity contribution >= 4 is 29.1 Å². The van der Waals surface area contributed by atoms with Gasteiger partial charge >= 0.3 is 0 Å². The minimum absolute atomic E-state index is 0.0179. The first-order chi connectivity index (χ1) is 13.9. The fraction of sp³-hybridized carbons (Fsp3) is 0.500. The predicted octanol–water partition coefficient (Wildman–Crippen LogP) is 1.20. The SMILES string of the molecule is CCNC(=O)C1(NC(=O)C2=NN(c3ccc(F)cc3)C(C(N)=O)C2)CCCCC1. The van der Waals surface area contributed by atoms with Crippen LogP contribution in [0.3, 0.4) is 0 Å². The van der Waals surface area contributed by atoms with Gasteiger partial charge in [0.25, 0.3) is 5.91 Å². The molecule has 1 aromatic carbocycles. The molecule has 0 saturated heterocycles. The van der Waals surface area contributed by atoms with Crippen molar-refractivity contribution in [2.24, 2.45) is 10.8 Å². The van der Waals surface area contributed by atoms with Crippen LogP contribution in [0.4, 0.5) is 10.1 Å². The van der Waals surface area contributed by atoms with Crippen LogP contribution < -0.4 is 21.4 Å². The summed E-state index contributed by atoms with van der Waals surface area (Å²) in [5, 5.41) is 11.3. The van der Waals surface area contributed by atoms with Gasteiger partial charge in [-0.05, 0) is 44.0 Å². The van der Waals surface area contributed by atoms with E-state index in [0.29, 0.717) is 25.1 Å². The lowest BCUT2D eigenvalue weighted by Crippen LogP contribution is -2.60. The molecule has 0 aromatic heterocycles. The molecule has 1 aliphatic carbocycles. The van der Waals surface area contributed by atoms with Crippen molar-refractivity contribution in [1.82, 2.24) is 10.6 Å². The number of hydrogen-bond donors (Lipinski definition) is 3. The number of amides is 3. The van der Waals surface area contributed by atoms with Gasteiger partial charge in [-0.2, -0.15) is 5.10 Å². The third kappa shape index (κ3) is 4.38. The van der Waals surface area contributed by atoms with Gasteiger partial charge in [-0.15, -0.1) is 0 Å². The number of anilines is 1. The molecule has 9 heteroatoms. The number of benzene rings is 1. The van der Waals surface area contributed by atoms with Crippen molar-refractivity contribution < 1.29 is 18.8 Å². The topological polar surface area (TPSA) is 117 Å². The summed E-state index contributed by atoms with van der Waals surface area (Å²) in [6, 6.07) is 4.56. The third-order valence-corrected chi connectivity index (χ3v) is 5.42. The molecule has 3 rings (SSSR count). The molecule has 2 aliphatic rings. The predicted molar refractivity (Wildman–Crippen MR) is 107 cm³/mol. The molecule has 3 amide bonds. The Morgan fingerprint density at radius 2 is 1.86 bits per heavy atom. The largest absolute Gasteiger partial charge is 0.368 e. The molecule has 1 aliphatic heterocycles. The fourth-order valence-electron chi connectivity index (χ4n) is 3.88. The van der Waals surface area contributed by atoms with E-state index in [1.54, 1.807) is 0 Å². The number of carbonyl (C=O) groups excluding carboxylic acids is 3. The first-order valence-electron chi connectivity index (χ1n) is 9.89. The van der Waals surface area contributed by atoms with Crippen LogP contribution in [0.15, 0.2) is 29.4 Å². The average Bonchev–Trinajstić information content (AvgIpc) is 3.15. The lowest BCUT2D eigenvalue weighted by Gasteiger charge is -2.36. The van der Waals surface area contributed by atoms with Gasteiger partial charge in [-0.25, -0.2) is 4.39 Å². The minimum atomic E-state index is -0.973. The van der Waals surface area contributed by atoms with Crippen LogP contribution >= 0.6 is 0 Å². The number of rotatable bonds is 6. The summed E-state index contributed by atoms with van der Waals surface area (Å²) in [6.45, 7) is 2.30. The summed E-state index contributed by atoms with van der Waals surface area (Å²) in [7, 11) is 0. The van der Waals surface area contributed by atoms with Gasteiger partial charge in [0.05, 0.1) is 5.69 Å². The van der Waals surface area contributed by atoms with E-state index >= 15 is 0 Å². The van der Waals surface area contributed by atoms with Gasteiger partial charge in [0, 0.05) is 13.0 Å². The monoisotopic (exact) mass is 403 g/mol. The van der Waals surface area contributed by atoms with Crippen LogP contribution in [0.25, 0.3) is 0 Å². The lowest BCUT2D eigenvalue weighted by atomic mass is 9.80. The van der Waals surface area contributed by atoms with Crippen molar-refractivity contribution in [2.75, 3.05) is 11.6 Å². The Bertz CT molecular complexity index is 818. The van der Waals surface area contributed by atoms with Crippen LogP contribution in [-0.4, -0.2) is 41.6 Å². The van der Waals surface area contributed by atoms with E-state index in [0.717, 1.165) is 19.3 Å². The van der Waals surface area contributed by atoms with Crippen LogP contribution in [0.5, 0.6) is 0 Å². The van der Waals surface area contributed by atoms with E-state index in [-0.39, 0.29) is 18.0 Å². The number of hydrogen-bond acceptors (Lipinski definition) is 5. The Labute approximate surface area is 168 Å². The summed E-state index contributed by atoms with van der Waals surface area (Å²) in [5.74, 6) is -1.76. The maximum Gasteiger partial charge on any atom is 0.268 e. The zero-order chi connectivity index (χ0) is 21.0. The highest BCUT2D eigenvalue weighted by atomic mass is 19.1. The molecule has 1 unspecified atom stereocenters. The molecule has 0 spiro atoms. The number of primary amides is 1. The highest BCUT2D eigenvalue weighted by Crippen LogP contribution is 2.30. The zero-order valence-corrected chi connectivity index (χ0v) is 16.4. The second-order valence-electron chi connectivity index (χ2n) is 7.45. The Hall–Kier alpha value is -2.97. The number of likely N-dealkylation sites (N-methyl/N-ethyl adjacent to an activating group) is 1. The molecule has 1 aromatic rings. The molecule has 1 fully saturated rings. The maximum atomic E-state index is 13.2. The molecule has 4 N–H and O–H groups in total. The number of nitrogens with two attached hydrogens (primary N) is 1. The van der Waals surface area contributed by atoms with E-state index in [9.17, 15) is 18.8 Å². The second kappa shape index (κ2) is 8.59. The van der Waals surface area contributed by atoms with E-state index < -0.39 is 29.2 Å². The van der Waals surface area contributed by atoms with Crippen LogP contribution in [0.2, 0.25) is 0 Å². The number of hydrazone groups is 1. The zero-order valence-electron chi connectivity index (χ0n) is 16.4. The number of halogens is 1. The number of nitrogens with zero attached hydrogens (tertiary/aromatic N) is 2. The Morgan fingerprint density at radius 3 is 2.45 bits per heavy atom. The summed E-state index contributed by atoms with van der Waals surface area (Å²) in [5.41, 5.74) is 5.09. The Balaban J connectivity index is 1.83. The highest BCUT2D eigenvalue weighted by molar-refractivity contribution is 6.40. The highest BCUT2D eigenvalue weighted by Gasteiger charge is 2.43. The van der Waals surface area contributed by atoms with E-state index in [2.05, 4.69) is 15.7 Å². The molecule has 1 saturated carbocycles. The number of nitrogens with one attached hydrogen (secondary N) is 2. The van der Waals surface area contributed by atoms with Crippen LogP contribution in [-0.2, 0) is 14.4 Å². The molecular formula is C20H26FN5O3. The summed E-state index contributed by atoms with van der Waals surface area (Å²) < 4.78 is 13.2. The maximum absolute atomic E-state index is 13.2. The average molecular weight is 403 g/mol. The first-order valence-corrected chi connectivity index (χ1v) is 9.89. The van der Waals surface area contributed by atoms with Gasteiger partial charge in [0.2, 0.25) is 11.8 Å². The molecule has 29 heavy (non-hydrogen) atoms. The minimum Gasteiger partial charge on any atom is -0.368 e. The van der Waals surface area contributed by atoms with E-state index in [4.69, 9.17) is 5.73 Å². The van der Waals surface area contributed by atoms with Gasteiger partial charge in [-0.3, -0.25) is 19.4 Å². The van der Waals surface area contributed by atoms with Crippen molar-refractivity contribution in [3.63, 3.8) is 0 Å². The second-order valence-corrected chi connectivity index (χ2v) is 7.45. The third-order valence-electron chi connectivity index (χ3n) is 5.42. The van der Waals surface area contributed by atoms with Crippen molar-refractivity contribution in [2.45, 2.75) is 57.0 Å². The summed E-state index contributed by atoms with van der Waals surface area (Å²) >= 11 is 0. The Morgan fingerprint density at radius 1 is 1.21 bits per heavy atom. The van der Waals surface area contributed by atoms with E-state index in [1.165, 1.54) is 29.3 Å². The van der Waals surface area contributed by atoms with Crippen molar-refractivity contribution in [3.8, 4) is 0 Å². The summed E-state index contributed by atoms with van der Waals surface area (Å²) in [6.07, 6.45) is 3.83. The molecule has 8 nitrogen and oxygen atoms in total. The normalized spacial score (nSPS) is 20.7. The van der Waals surface area contributed by atoms with Crippen molar-refractivity contribution in [3.05, 3.63) is 30.1 Å². The van der Waals surface area contributed by atoms with Gasteiger partial charge in [0.15, 0.2) is 0 Å². The lowest BCUT2D eigenvalue weighted by molar-refractivity contribution is -0.132. The Kier molecular flexibility index (Phi) is 6.14. The first kappa shape index (κ1) is 20.8. The summed E-state index contributed by atoms with van der Waals surface area (Å²) in [4.78, 5) is 37.5. The molecule has 0 radical (unpaired) electrons. The van der Waals surface area contributed by atoms with Crippen LogP contribution in [0.1, 0.15) is 45.4 Å².